The first-order valence-corrected chi connectivity index (χ1v) is 8.10. The number of ether oxygens (including phenoxy) is 1. The van der Waals surface area contributed by atoms with Gasteiger partial charge in [0.1, 0.15) is 5.75 Å². The second-order valence-electron chi connectivity index (χ2n) is 6.08. The number of aryl methyl sites for hydroxylation is 1. The van der Waals surface area contributed by atoms with Crippen LogP contribution in [0.25, 0.3) is 0 Å². The van der Waals surface area contributed by atoms with Crippen LogP contribution in [0.4, 0.5) is 0 Å². The summed E-state index contributed by atoms with van der Waals surface area (Å²) in [5.74, 6) is 1.04. The predicted molar refractivity (Wildman–Crippen MR) is 94.5 cm³/mol. The fourth-order valence-electron chi connectivity index (χ4n) is 2.37. The van der Waals surface area contributed by atoms with Gasteiger partial charge < -0.3 is 15.8 Å². The quantitative estimate of drug-likeness (QED) is 0.783. The molecule has 0 aromatic heterocycles. The average molecular weight is 392 g/mol. The van der Waals surface area contributed by atoms with Gasteiger partial charge in [-0.25, -0.2) is 0 Å². The van der Waals surface area contributed by atoms with Gasteiger partial charge in [0.05, 0.1) is 10.0 Å². The molecule has 2 atom stereocenters. The third-order valence-electron chi connectivity index (χ3n) is 4.07. The first-order valence-electron chi connectivity index (χ1n) is 7.30. The monoisotopic (exact) mass is 390 g/mol. The third-order valence-corrected chi connectivity index (χ3v) is 4.69. The lowest BCUT2D eigenvalue weighted by Crippen LogP contribution is -2.56. The van der Waals surface area contributed by atoms with E-state index in [1.165, 1.54) is 0 Å². The highest BCUT2D eigenvalue weighted by molar-refractivity contribution is 9.10. The fourth-order valence-corrected chi connectivity index (χ4v) is 2.96. The van der Waals surface area contributed by atoms with Gasteiger partial charge in [-0.15, -0.1) is 12.4 Å². The Morgan fingerprint density at radius 3 is 2.68 bits per heavy atom. The molecule has 1 aromatic carbocycles. The molecule has 1 saturated carbocycles. The molecule has 124 valence electrons. The zero-order valence-electron chi connectivity index (χ0n) is 13.2. The van der Waals surface area contributed by atoms with Gasteiger partial charge >= 0.3 is 0 Å². The van der Waals surface area contributed by atoms with Crippen LogP contribution < -0.4 is 15.8 Å². The van der Waals surface area contributed by atoms with Crippen molar-refractivity contribution in [3.05, 3.63) is 28.2 Å². The number of amides is 1. The van der Waals surface area contributed by atoms with E-state index in [2.05, 4.69) is 21.2 Å². The normalized spacial score (nSPS) is 17.9. The van der Waals surface area contributed by atoms with Gasteiger partial charge in [0.2, 0.25) is 0 Å². The Bertz CT molecular complexity index is 537. The molecule has 0 bridgehead atoms. The Labute approximate surface area is 146 Å². The molecule has 1 fully saturated rings. The van der Waals surface area contributed by atoms with Gasteiger partial charge in [0.25, 0.3) is 5.91 Å². The summed E-state index contributed by atoms with van der Waals surface area (Å²) in [6.45, 7) is 6.22. The standard InChI is InChI=1S/C16H23BrN2O2.ClH/c1-10-4-7-14(13(17)8-10)21-11(2)15(20)19-16(3,9-18)12-5-6-12;/h4,7-8,11-12H,5-6,9,18H2,1-3H3,(H,19,20);1H. The van der Waals surface area contributed by atoms with E-state index in [4.69, 9.17) is 10.5 Å². The summed E-state index contributed by atoms with van der Waals surface area (Å²) < 4.78 is 6.61. The number of halogens is 2. The molecule has 0 aliphatic heterocycles. The Hall–Kier alpha value is -0.780. The van der Waals surface area contributed by atoms with E-state index >= 15 is 0 Å². The van der Waals surface area contributed by atoms with Crippen LogP contribution in [0.15, 0.2) is 22.7 Å². The van der Waals surface area contributed by atoms with E-state index in [0.717, 1.165) is 22.9 Å². The highest BCUT2D eigenvalue weighted by Crippen LogP contribution is 2.39. The number of nitrogens with one attached hydrogen (secondary N) is 1. The van der Waals surface area contributed by atoms with Crippen molar-refractivity contribution in [1.82, 2.24) is 5.32 Å². The molecule has 0 spiro atoms. The molecule has 6 heteroatoms. The lowest BCUT2D eigenvalue weighted by atomic mass is 9.95. The van der Waals surface area contributed by atoms with Crippen molar-refractivity contribution in [2.45, 2.75) is 45.3 Å². The molecular weight excluding hydrogens is 368 g/mol. The SMILES string of the molecule is Cc1ccc(OC(C)C(=O)NC(C)(CN)C2CC2)c(Br)c1.Cl. The molecule has 2 rings (SSSR count). The molecule has 0 saturated heterocycles. The van der Waals surface area contributed by atoms with E-state index in [9.17, 15) is 4.79 Å². The van der Waals surface area contributed by atoms with Crippen molar-refractivity contribution >= 4 is 34.2 Å². The molecule has 1 aliphatic rings. The largest absolute Gasteiger partial charge is 0.480 e. The molecule has 0 radical (unpaired) electrons. The summed E-state index contributed by atoms with van der Waals surface area (Å²) in [5, 5.41) is 3.05. The maximum absolute atomic E-state index is 12.3. The van der Waals surface area contributed by atoms with Crippen LogP contribution in [-0.2, 0) is 4.79 Å². The molecular formula is C16H24BrClN2O2. The topological polar surface area (TPSA) is 64.3 Å². The van der Waals surface area contributed by atoms with Crippen molar-refractivity contribution < 1.29 is 9.53 Å². The van der Waals surface area contributed by atoms with Crippen LogP contribution in [0.3, 0.4) is 0 Å². The summed E-state index contributed by atoms with van der Waals surface area (Å²) in [7, 11) is 0. The van der Waals surface area contributed by atoms with Gasteiger partial charge in [-0.05, 0) is 73.2 Å². The number of rotatable bonds is 6. The first-order chi connectivity index (χ1) is 9.85. The van der Waals surface area contributed by atoms with Crippen LogP contribution in [0.1, 0.15) is 32.3 Å². The second-order valence-corrected chi connectivity index (χ2v) is 6.93. The van der Waals surface area contributed by atoms with Gasteiger partial charge in [0, 0.05) is 6.54 Å². The summed E-state index contributed by atoms with van der Waals surface area (Å²) >= 11 is 3.46. The van der Waals surface area contributed by atoms with Crippen molar-refractivity contribution in [3.63, 3.8) is 0 Å². The van der Waals surface area contributed by atoms with Crippen LogP contribution in [0.5, 0.6) is 5.75 Å². The highest BCUT2D eigenvalue weighted by atomic mass is 79.9. The van der Waals surface area contributed by atoms with Crippen molar-refractivity contribution in [3.8, 4) is 5.75 Å². The first kappa shape index (κ1) is 19.3. The van der Waals surface area contributed by atoms with Crippen LogP contribution in [0, 0.1) is 12.8 Å². The average Bonchev–Trinajstić information content (AvgIpc) is 3.26. The second kappa shape index (κ2) is 7.66. The molecule has 4 nitrogen and oxygen atoms in total. The number of nitrogens with two attached hydrogens (primary N) is 1. The van der Waals surface area contributed by atoms with E-state index in [1.807, 2.05) is 32.0 Å². The maximum atomic E-state index is 12.3. The smallest absolute Gasteiger partial charge is 0.261 e. The summed E-state index contributed by atoms with van der Waals surface area (Å²) in [6.07, 6.45) is 1.70. The van der Waals surface area contributed by atoms with Crippen LogP contribution in [0.2, 0.25) is 0 Å². The molecule has 1 aromatic rings. The molecule has 2 unspecified atom stereocenters. The molecule has 1 amide bonds. The van der Waals surface area contributed by atoms with Crippen molar-refractivity contribution in [2.24, 2.45) is 11.7 Å². The Kier molecular flexibility index (Phi) is 6.71. The van der Waals surface area contributed by atoms with Crippen molar-refractivity contribution in [2.75, 3.05) is 6.54 Å². The zero-order chi connectivity index (χ0) is 15.6. The minimum Gasteiger partial charge on any atom is -0.480 e. The number of hydrogen-bond acceptors (Lipinski definition) is 3. The highest BCUT2D eigenvalue weighted by Gasteiger charge is 2.42. The van der Waals surface area contributed by atoms with Crippen LogP contribution in [-0.4, -0.2) is 24.1 Å². The summed E-state index contributed by atoms with van der Waals surface area (Å²) in [4.78, 5) is 12.3. The van der Waals surface area contributed by atoms with Crippen LogP contribution >= 0.6 is 28.3 Å². The zero-order valence-corrected chi connectivity index (χ0v) is 15.6. The fraction of sp³-hybridized carbons (Fsp3) is 0.562. The van der Waals surface area contributed by atoms with Gasteiger partial charge in [-0.1, -0.05) is 6.07 Å². The minimum atomic E-state index is -0.561. The third kappa shape index (κ3) is 4.61. The summed E-state index contributed by atoms with van der Waals surface area (Å²) in [6, 6.07) is 5.79. The van der Waals surface area contributed by atoms with Gasteiger partial charge in [-0.2, -0.15) is 0 Å². The number of carbonyl (C=O) groups is 1. The lowest BCUT2D eigenvalue weighted by Gasteiger charge is -2.31. The number of hydrogen-bond donors (Lipinski definition) is 2. The minimum absolute atomic E-state index is 0. The Morgan fingerprint density at radius 1 is 1.55 bits per heavy atom. The van der Waals surface area contributed by atoms with E-state index < -0.39 is 6.10 Å². The summed E-state index contributed by atoms with van der Waals surface area (Å²) in [5.41, 5.74) is 6.64. The molecule has 22 heavy (non-hydrogen) atoms. The van der Waals surface area contributed by atoms with Gasteiger partial charge in [-0.3, -0.25) is 4.79 Å². The maximum Gasteiger partial charge on any atom is 0.261 e. The van der Waals surface area contributed by atoms with E-state index in [1.54, 1.807) is 6.92 Å². The van der Waals surface area contributed by atoms with E-state index in [-0.39, 0.29) is 23.9 Å². The number of benzene rings is 1. The lowest BCUT2D eigenvalue weighted by molar-refractivity contribution is -0.129. The molecule has 0 heterocycles. The predicted octanol–water partition coefficient (Wildman–Crippen LogP) is 3.19. The van der Waals surface area contributed by atoms with E-state index in [0.29, 0.717) is 18.2 Å². The van der Waals surface area contributed by atoms with Crippen molar-refractivity contribution in [1.29, 1.82) is 0 Å². The van der Waals surface area contributed by atoms with Gasteiger partial charge in [0.15, 0.2) is 6.10 Å². The Balaban J connectivity index is 0.00000242. The number of carbonyl (C=O) groups excluding carboxylic acids is 1. The molecule has 3 N–H and O–H groups in total. The molecule has 1 aliphatic carbocycles. The Morgan fingerprint density at radius 2 is 2.18 bits per heavy atom.